The summed E-state index contributed by atoms with van der Waals surface area (Å²) in [6, 6.07) is 1.12. The van der Waals surface area contributed by atoms with Gasteiger partial charge in [0.1, 0.15) is 5.69 Å². The first-order chi connectivity index (χ1) is 14.4. The molecular formula is C21H32N7O2+. The van der Waals surface area contributed by atoms with Crippen molar-refractivity contribution in [1.82, 2.24) is 24.5 Å². The Hall–Kier alpha value is -2.55. The van der Waals surface area contributed by atoms with Crippen LogP contribution in [0.15, 0.2) is 11.1 Å². The standard InChI is InChI=1S/C21H32N7O2/c1-5-9-26-17-18(22-20(26)28-16(3)14-15(2)23-28)24(4)21(30)27(19(17)29)13-12-25-10-7-6-8-11-25/h14,17H,5-13H2,1-4H3/q+1. The van der Waals surface area contributed by atoms with E-state index in [1.165, 1.54) is 29.1 Å². The van der Waals surface area contributed by atoms with Gasteiger partial charge in [-0.1, -0.05) is 18.3 Å². The van der Waals surface area contributed by atoms with Crippen LogP contribution in [0.1, 0.15) is 44.0 Å². The summed E-state index contributed by atoms with van der Waals surface area (Å²) in [6.45, 7) is 9.88. The molecule has 2 saturated heterocycles. The highest BCUT2D eigenvalue weighted by Crippen LogP contribution is 2.21. The summed E-state index contributed by atoms with van der Waals surface area (Å²) in [5.41, 5.74) is 1.85. The van der Waals surface area contributed by atoms with Crippen molar-refractivity contribution >= 4 is 23.7 Å². The van der Waals surface area contributed by atoms with Crippen molar-refractivity contribution in [2.75, 3.05) is 39.8 Å². The molecule has 3 amide bonds. The third-order valence-electron chi connectivity index (χ3n) is 6.14. The van der Waals surface area contributed by atoms with Gasteiger partial charge in [-0.05, 0) is 52.3 Å². The number of amides is 3. The molecule has 4 heterocycles. The predicted molar refractivity (Wildman–Crippen MR) is 114 cm³/mol. The molecule has 4 rings (SSSR count). The fourth-order valence-corrected chi connectivity index (χ4v) is 4.61. The minimum Gasteiger partial charge on any atom is -0.302 e. The Morgan fingerprint density at radius 2 is 1.87 bits per heavy atom. The molecule has 1 aromatic rings. The molecule has 30 heavy (non-hydrogen) atoms. The van der Waals surface area contributed by atoms with E-state index in [1.54, 1.807) is 11.7 Å². The number of piperidine rings is 1. The number of carbonyl (C=O) groups is 2. The molecule has 1 aromatic heterocycles. The van der Waals surface area contributed by atoms with Crippen LogP contribution in [0.5, 0.6) is 0 Å². The Labute approximate surface area is 177 Å². The molecule has 9 nitrogen and oxygen atoms in total. The lowest BCUT2D eigenvalue weighted by molar-refractivity contribution is -0.537. The van der Waals surface area contributed by atoms with Gasteiger partial charge in [-0.15, -0.1) is 9.78 Å². The lowest BCUT2D eigenvalue weighted by atomic mass is 10.1. The van der Waals surface area contributed by atoms with Gasteiger partial charge in [0.2, 0.25) is 11.9 Å². The van der Waals surface area contributed by atoms with E-state index in [0.29, 0.717) is 24.9 Å². The zero-order valence-corrected chi connectivity index (χ0v) is 18.5. The van der Waals surface area contributed by atoms with E-state index in [4.69, 9.17) is 4.99 Å². The molecule has 0 radical (unpaired) electrons. The largest absolute Gasteiger partial charge is 0.421 e. The maximum Gasteiger partial charge on any atom is 0.421 e. The molecule has 0 spiro atoms. The Morgan fingerprint density at radius 1 is 1.13 bits per heavy atom. The van der Waals surface area contributed by atoms with Gasteiger partial charge in [0, 0.05) is 20.1 Å². The Bertz CT molecular complexity index is 910. The number of likely N-dealkylation sites (N-methyl/N-ethyl adjacent to an activating group) is 1. The molecule has 3 aliphatic rings. The minimum atomic E-state index is -0.576. The van der Waals surface area contributed by atoms with Crippen molar-refractivity contribution in [2.24, 2.45) is 4.99 Å². The molecule has 162 valence electrons. The number of urea groups is 1. The number of carbonyl (C=O) groups excluding carboxylic acids is 2. The fraction of sp³-hybridized carbons (Fsp3) is 0.667. The Kier molecular flexibility index (Phi) is 5.73. The number of amidine groups is 1. The normalized spacial score (nSPS) is 22.8. The molecule has 0 N–H and O–H groups in total. The molecule has 0 aromatic carbocycles. The van der Waals surface area contributed by atoms with E-state index in [1.807, 2.05) is 24.5 Å². The Morgan fingerprint density at radius 3 is 2.50 bits per heavy atom. The molecule has 1 atom stereocenters. The number of fused-ring (bicyclic) bond motifs is 1. The average molecular weight is 415 g/mol. The van der Waals surface area contributed by atoms with Crippen LogP contribution in [0.25, 0.3) is 0 Å². The molecule has 0 bridgehead atoms. The van der Waals surface area contributed by atoms with E-state index in [0.717, 1.165) is 37.4 Å². The first-order valence-electron chi connectivity index (χ1n) is 11.0. The van der Waals surface area contributed by atoms with E-state index in [-0.39, 0.29) is 11.9 Å². The zero-order chi connectivity index (χ0) is 21.4. The van der Waals surface area contributed by atoms with Gasteiger partial charge in [0.05, 0.1) is 12.2 Å². The molecule has 1 unspecified atom stereocenters. The second-order valence-corrected chi connectivity index (χ2v) is 8.44. The summed E-state index contributed by atoms with van der Waals surface area (Å²) in [4.78, 5) is 36.5. The highest BCUT2D eigenvalue weighted by molar-refractivity contribution is 6.23. The average Bonchev–Trinajstić information content (AvgIpc) is 3.27. The molecule has 0 saturated carbocycles. The van der Waals surface area contributed by atoms with Gasteiger partial charge in [-0.25, -0.2) is 9.37 Å². The minimum absolute atomic E-state index is 0.182. The highest BCUT2D eigenvalue weighted by Gasteiger charge is 2.52. The van der Waals surface area contributed by atoms with Gasteiger partial charge in [-0.3, -0.25) is 14.6 Å². The summed E-state index contributed by atoms with van der Waals surface area (Å²) < 4.78 is 3.77. The monoisotopic (exact) mass is 414 g/mol. The van der Waals surface area contributed by atoms with Crippen LogP contribution in [0, 0.1) is 13.8 Å². The maximum absolute atomic E-state index is 13.5. The fourth-order valence-electron chi connectivity index (χ4n) is 4.61. The van der Waals surface area contributed by atoms with Crippen molar-refractivity contribution in [3.8, 4) is 0 Å². The molecule has 0 aliphatic carbocycles. The second-order valence-electron chi connectivity index (χ2n) is 8.44. The summed E-state index contributed by atoms with van der Waals surface area (Å²) in [5, 5.41) is 4.56. The Balaban J connectivity index is 1.64. The van der Waals surface area contributed by atoms with Crippen molar-refractivity contribution < 1.29 is 14.2 Å². The number of hydrogen-bond acceptors (Lipinski definition) is 5. The van der Waals surface area contributed by atoms with E-state index in [9.17, 15) is 9.59 Å². The van der Waals surface area contributed by atoms with Crippen LogP contribution >= 0.6 is 0 Å². The number of imide groups is 1. The number of likely N-dealkylation sites (tertiary alicyclic amines) is 1. The third kappa shape index (κ3) is 3.55. The van der Waals surface area contributed by atoms with Crippen molar-refractivity contribution in [3.05, 3.63) is 17.5 Å². The quantitative estimate of drug-likeness (QED) is 0.681. The molecule has 2 fully saturated rings. The van der Waals surface area contributed by atoms with E-state index >= 15 is 0 Å². The van der Waals surface area contributed by atoms with Gasteiger partial charge >= 0.3 is 12.0 Å². The molecule has 9 heteroatoms. The third-order valence-corrected chi connectivity index (χ3v) is 6.14. The molecular weight excluding hydrogens is 382 g/mol. The number of aromatic nitrogens is 2. The molecule has 3 aliphatic heterocycles. The second kappa shape index (κ2) is 8.29. The SMILES string of the molecule is CCC[N+]1=C(n2nc(C)cc2C)N=C2C1C(=O)N(CCN1CCCCC1)C(=O)N2C. The van der Waals surface area contributed by atoms with Crippen molar-refractivity contribution in [3.63, 3.8) is 0 Å². The highest BCUT2D eigenvalue weighted by atomic mass is 16.2. The lowest BCUT2D eigenvalue weighted by Crippen LogP contribution is -2.63. The first-order valence-corrected chi connectivity index (χ1v) is 11.0. The number of aryl methyl sites for hydroxylation is 2. The van der Waals surface area contributed by atoms with Crippen LogP contribution in [0.3, 0.4) is 0 Å². The van der Waals surface area contributed by atoms with Crippen LogP contribution in [-0.4, -0.2) is 98.6 Å². The van der Waals surface area contributed by atoms with Gasteiger partial charge in [-0.2, -0.15) is 0 Å². The van der Waals surface area contributed by atoms with Gasteiger partial charge in [0.15, 0.2) is 0 Å². The topological polar surface area (TPSA) is 77.0 Å². The zero-order valence-electron chi connectivity index (χ0n) is 18.5. The summed E-state index contributed by atoms with van der Waals surface area (Å²) in [5.74, 6) is 0.933. The summed E-state index contributed by atoms with van der Waals surface area (Å²) in [7, 11) is 1.71. The summed E-state index contributed by atoms with van der Waals surface area (Å²) >= 11 is 0. The van der Waals surface area contributed by atoms with E-state index in [2.05, 4.69) is 16.9 Å². The van der Waals surface area contributed by atoms with Crippen molar-refractivity contribution in [1.29, 1.82) is 0 Å². The number of hydrogen-bond donors (Lipinski definition) is 0. The van der Waals surface area contributed by atoms with Gasteiger partial charge in [0.25, 0.3) is 5.91 Å². The van der Waals surface area contributed by atoms with Crippen molar-refractivity contribution in [2.45, 2.75) is 52.5 Å². The van der Waals surface area contributed by atoms with Gasteiger partial charge < -0.3 is 4.90 Å². The number of nitrogens with zero attached hydrogens (tertiary/aromatic N) is 7. The van der Waals surface area contributed by atoms with Crippen LogP contribution in [-0.2, 0) is 4.79 Å². The summed E-state index contributed by atoms with van der Waals surface area (Å²) in [6.07, 6.45) is 4.50. The number of rotatable bonds is 5. The maximum atomic E-state index is 13.5. The first kappa shape index (κ1) is 20.7. The van der Waals surface area contributed by atoms with Crippen LogP contribution < -0.4 is 0 Å². The lowest BCUT2D eigenvalue weighted by Gasteiger charge is -2.35. The van der Waals surface area contributed by atoms with E-state index < -0.39 is 6.04 Å². The van der Waals surface area contributed by atoms with Crippen LogP contribution in [0.4, 0.5) is 4.79 Å². The van der Waals surface area contributed by atoms with Crippen LogP contribution in [0.2, 0.25) is 0 Å². The number of aliphatic imine (C=N–C) groups is 1. The predicted octanol–water partition coefficient (Wildman–Crippen LogP) is 1.29. The smallest absolute Gasteiger partial charge is 0.302 e.